The van der Waals surface area contributed by atoms with Gasteiger partial charge in [0, 0.05) is 5.69 Å². The van der Waals surface area contributed by atoms with Crippen molar-refractivity contribution in [1.29, 1.82) is 0 Å². The second kappa shape index (κ2) is 5.99. The van der Waals surface area contributed by atoms with E-state index in [1.54, 1.807) is 34.9 Å². The van der Waals surface area contributed by atoms with Gasteiger partial charge < -0.3 is 5.32 Å². The van der Waals surface area contributed by atoms with Gasteiger partial charge in [-0.2, -0.15) is 0 Å². The van der Waals surface area contributed by atoms with E-state index in [0.29, 0.717) is 0 Å². The Kier molecular flexibility index (Phi) is 4.09. The highest BCUT2D eigenvalue weighted by Gasteiger charge is 2.12. The first kappa shape index (κ1) is 13.7. The minimum Gasteiger partial charge on any atom is -0.331 e. The van der Waals surface area contributed by atoms with Gasteiger partial charge in [0.2, 0.25) is 0 Å². The fourth-order valence-corrected chi connectivity index (χ4v) is 3.63. The number of benzene rings is 1. The Morgan fingerprint density at radius 3 is 2.50 bits per heavy atom. The number of nitrogens with one attached hydrogen (secondary N) is 1. The third-order valence-electron chi connectivity index (χ3n) is 2.61. The van der Waals surface area contributed by atoms with Crippen LogP contribution in [0.1, 0.15) is 0 Å². The molecule has 4 nitrogen and oxygen atoms in total. The summed E-state index contributed by atoms with van der Waals surface area (Å²) in [6, 6.07) is 10.0. The molecule has 0 amide bonds. The van der Waals surface area contributed by atoms with Gasteiger partial charge >= 0.3 is 0 Å². The molecule has 1 aromatic carbocycles. The summed E-state index contributed by atoms with van der Waals surface area (Å²) in [6.07, 6.45) is 3.99. The van der Waals surface area contributed by atoms with E-state index >= 15 is 0 Å². The molecule has 0 unspecified atom stereocenters. The van der Waals surface area contributed by atoms with Crippen LogP contribution in [0.4, 0.5) is 10.8 Å². The van der Waals surface area contributed by atoms with Crippen molar-refractivity contribution < 1.29 is 0 Å². The van der Waals surface area contributed by atoms with E-state index in [1.807, 2.05) is 42.8 Å². The predicted octanol–water partition coefficient (Wildman–Crippen LogP) is 4.27. The Balaban J connectivity index is 2.01. The fraction of sp³-hybridized carbons (Fsp3) is 0.154. The van der Waals surface area contributed by atoms with Gasteiger partial charge in [0.25, 0.3) is 0 Å². The molecule has 2 heterocycles. The highest BCUT2D eigenvalue weighted by atomic mass is 32.2. The van der Waals surface area contributed by atoms with Crippen LogP contribution in [0.25, 0.3) is 10.3 Å². The van der Waals surface area contributed by atoms with Gasteiger partial charge in [0.1, 0.15) is 10.5 Å². The van der Waals surface area contributed by atoms with Crippen LogP contribution in [0.5, 0.6) is 0 Å². The minimum absolute atomic E-state index is 0.789. The summed E-state index contributed by atoms with van der Waals surface area (Å²) >= 11 is 4.70. The number of hydrogen-bond donors (Lipinski definition) is 1. The summed E-state index contributed by atoms with van der Waals surface area (Å²) in [6.45, 7) is 0. The summed E-state index contributed by atoms with van der Waals surface area (Å²) in [5, 5.41) is 5.86. The van der Waals surface area contributed by atoms with Crippen molar-refractivity contribution in [3.63, 3.8) is 0 Å². The van der Waals surface area contributed by atoms with Crippen molar-refractivity contribution in [2.45, 2.75) is 10.2 Å². The average molecular weight is 320 g/mol. The Morgan fingerprint density at radius 2 is 1.80 bits per heavy atom. The number of rotatable bonds is 4. The van der Waals surface area contributed by atoms with E-state index in [-0.39, 0.29) is 0 Å². The molecule has 0 aliphatic carbocycles. The summed E-state index contributed by atoms with van der Waals surface area (Å²) in [7, 11) is 0. The van der Waals surface area contributed by atoms with Crippen LogP contribution in [0.2, 0.25) is 0 Å². The van der Waals surface area contributed by atoms with Crippen molar-refractivity contribution in [3.05, 3.63) is 30.3 Å². The molecule has 3 aromatic rings. The number of thioether (sulfide) groups is 2. The third kappa shape index (κ3) is 2.74. The molecular weight excluding hydrogens is 308 g/mol. The van der Waals surface area contributed by atoms with Crippen LogP contribution in [-0.4, -0.2) is 27.5 Å². The van der Waals surface area contributed by atoms with Crippen LogP contribution in [-0.2, 0) is 0 Å². The standard InChI is InChI=1S/C13H12N4S3/c1-18-10-9-11(17-12(16-10)19-2)20-13(15-9)14-8-6-4-3-5-7-8/h3-7H,1-2H3,(H,14,15). The summed E-state index contributed by atoms with van der Waals surface area (Å²) in [5.41, 5.74) is 1.90. The number of anilines is 2. The lowest BCUT2D eigenvalue weighted by molar-refractivity contribution is 0.934. The van der Waals surface area contributed by atoms with E-state index in [0.717, 1.165) is 31.3 Å². The largest absolute Gasteiger partial charge is 0.331 e. The lowest BCUT2D eigenvalue weighted by Crippen LogP contribution is -1.90. The molecule has 2 aromatic heterocycles. The predicted molar refractivity (Wildman–Crippen MR) is 88.5 cm³/mol. The van der Waals surface area contributed by atoms with E-state index in [9.17, 15) is 0 Å². The lowest BCUT2D eigenvalue weighted by atomic mass is 10.3. The molecule has 0 aliphatic rings. The zero-order chi connectivity index (χ0) is 13.9. The van der Waals surface area contributed by atoms with Gasteiger partial charge in [-0.3, -0.25) is 0 Å². The molecule has 0 fully saturated rings. The number of para-hydroxylation sites is 1. The van der Waals surface area contributed by atoms with Crippen molar-refractivity contribution in [3.8, 4) is 0 Å². The normalized spacial score (nSPS) is 10.9. The summed E-state index contributed by atoms with van der Waals surface area (Å²) in [5.74, 6) is 0. The monoisotopic (exact) mass is 320 g/mol. The molecule has 20 heavy (non-hydrogen) atoms. The Hall–Kier alpha value is -1.31. The van der Waals surface area contributed by atoms with E-state index in [4.69, 9.17) is 0 Å². The Labute approximate surface area is 129 Å². The van der Waals surface area contributed by atoms with Crippen LogP contribution < -0.4 is 5.32 Å². The number of aromatic nitrogens is 3. The number of fused-ring (bicyclic) bond motifs is 1. The summed E-state index contributed by atoms with van der Waals surface area (Å²) < 4.78 is 0. The van der Waals surface area contributed by atoms with Gasteiger partial charge in [-0.1, -0.05) is 41.3 Å². The Morgan fingerprint density at radius 1 is 1.00 bits per heavy atom. The molecule has 3 rings (SSSR count). The maximum Gasteiger partial charge on any atom is 0.189 e. The molecule has 0 saturated heterocycles. The molecule has 0 atom stereocenters. The quantitative estimate of drug-likeness (QED) is 0.440. The highest BCUT2D eigenvalue weighted by molar-refractivity contribution is 7.99. The summed E-state index contributed by atoms with van der Waals surface area (Å²) in [4.78, 5) is 14.5. The maximum atomic E-state index is 4.61. The van der Waals surface area contributed by atoms with Gasteiger partial charge in [-0.25, -0.2) is 15.0 Å². The third-order valence-corrected chi connectivity index (χ3v) is 4.69. The van der Waals surface area contributed by atoms with E-state index in [1.165, 1.54) is 0 Å². The number of nitrogens with zero attached hydrogens (tertiary/aromatic N) is 3. The minimum atomic E-state index is 0.789. The lowest BCUT2D eigenvalue weighted by Gasteiger charge is -2.00. The number of thiazole rings is 1. The molecule has 7 heteroatoms. The van der Waals surface area contributed by atoms with E-state index < -0.39 is 0 Å². The molecule has 0 saturated carbocycles. The van der Waals surface area contributed by atoms with Crippen molar-refractivity contribution >= 4 is 56.0 Å². The molecular formula is C13H12N4S3. The maximum absolute atomic E-state index is 4.61. The molecule has 1 N–H and O–H groups in total. The molecule has 0 spiro atoms. The first-order chi connectivity index (χ1) is 9.80. The second-order valence-corrected chi connectivity index (χ2v) is 6.43. The van der Waals surface area contributed by atoms with Crippen molar-refractivity contribution in [2.75, 3.05) is 17.8 Å². The molecule has 0 radical (unpaired) electrons. The zero-order valence-corrected chi connectivity index (χ0v) is 13.4. The van der Waals surface area contributed by atoms with Gasteiger partial charge in [0.05, 0.1) is 0 Å². The van der Waals surface area contributed by atoms with Gasteiger partial charge in [-0.05, 0) is 24.6 Å². The second-order valence-electron chi connectivity index (χ2n) is 3.88. The van der Waals surface area contributed by atoms with Crippen molar-refractivity contribution in [2.24, 2.45) is 0 Å². The molecule has 0 bridgehead atoms. The van der Waals surface area contributed by atoms with Crippen molar-refractivity contribution in [1.82, 2.24) is 15.0 Å². The van der Waals surface area contributed by atoms with Crippen LogP contribution in [0.15, 0.2) is 40.5 Å². The average Bonchev–Trinajstić information content (AvgIpc) is 2.89. The topological polar surface area (TPSA) is 50.7 Å². The molecule has 102 valence electrons. The SMILES string of the molecule is CSc1nc(SC)c2nc(Nc3ccccc3)sc2n1. The van der Waals surface area contributed by atoms with Gasteiger partial charge in [0.15, 0.2) is 15.1 Å². The Bertz CT molecular complexity index is 727. The fourth-order valence-electron chi connectivity index (χ4n) is 1.71. The first-order valence-electron chi connectivity index (χ1n) is 5.89. The van der Waals surface area contributed by atoms with E-state index in [2.05, 4.69) is 20.3 Å². The van der Waals surface area contributed by atoms with Gasteiger partial charge in [-0.15, -0.1) is 11.8 Å². The zero-order valence-electron chi connectivity index (χ0n) is 11.0. The van der Waals surface area contributed by atoms with Crippen LogP contribution >= 0.6 is 34.9 Å². The smallest absolute Gasteiger partial charge is 0.189 e. The highest BCUT2D eigenvalue weighted by Crippen LogP contribution is 2.32. The first-order valence-corrected chi connectivity index (χ1v) is 9.15. The van der Waals surface area contributed by atoms with Crippen LogP contribution in [0.3, 0.4) is 0 Å². The van der Waals surface area contributed by atoms with Crippen LogP contribution in [0, 0.1) is 0 Å². The molecule has 0 aliphatic heterocycles. The number of hydrogen-bond acceptors (Lipinski definition) is 7.